The topological polar surface area (TPSA) is 0 Å². The van der Waals surface area contributed by atoms with Crippen molar-refractivity contribution in [2.45, 2.75) is 44.9 Å². The molecule has 0 unspecified atom stereocenters. The fourth-order valence-corrected chi connectivity index (χ4v) is 4.01. The van der Waals surface area contributed by atoms with Crippen LogP contribution in [0.25, 0.3) is 0 Å². The molecule has 0 atom stereocenters. The van der Waals surface area contributed by atoms with E-state index in [9.17, 15) is 0 Å². The summed E-state index contributed by atoms with van der Waals surface area (Å²) in [6.07, 6.45) is 9.79. The Morgan fingerprint density at radius 3 is 1.92 bits per heavy atom. The van der Waals surface area contributed by atoms with Gasteiger partial charge < -0.3 is 0 Å². The van der Waals surface area contributed by atoms with Gasteiger partial charge in [0, 0.05) is 0 Å². The van der Waals surface area contributed by atoms with E-state index < -0.39 is 0 Å². The minimum absolute atomic E-state index is 1.36. The minimum Gasteiger partial charge on any atom is -0.0991 e. The highest BCUT2D eigenvalue weighted by Gasteiger charge is 2.26. The van der Waals surface area contributed by atoms with Crippen LogP contribution in [0.3, 0.4) is 0 Å². The number of rotatable bonds is 0. The van der Waals surface area contributed by atoms with Gasteiger partial charge in [-0.25, -0.2) is 0 Å². The molecule has 64 valence electrons. The third kappa shape index (κ3) is 0.990. The fraction of sp³-hybridized carbons (Fsp3) is 0.636. The molecule has 0 spiro atoms. The van der Waals surface area contributed by atoms with E-state index in [4.69, 9.17) is 0 Å². The SMILES string of the molecule is C1CC2=C(C1)SC1=C(CCC1)C2. The molecule has 0 saturated carbocycles. The molecule has 0 bridgehead atoms. The van der Waals surface area contributed by atoms with E-state index in [1.807, 2.05) is 0 Å². The maximum Gasteiger partial charge on any atom is -0.00864 e. The molecule has 1 heterocycles. The quantitative estimate of drug-likeness (QED) is 0.540. The Morgan fingerprint density at radius 2 is 1.33 bits per heavy atom. The lowest BCUT2D eigenvalue weighted by Gasteiger charge is -2.16. The highest BCUT2D eigenvalue weighted by atomic mass is 32.2. The van der Waals surface area contributed by atoms with Gasteiger partial charge in [0.2, 0.25) is 0 Å². The maximum atomic E-state index is 2.13. The van der Waals surface area contributed by atoms with E-state index >= 15 is 0 Å². The third-order valence-electron chi connectivity index (χ3n) is 3.23. The molecular formula is C11H14S. The van der Waals surface area contributed by atoms with Gasteiger partial charge in [0.25, 0.3) is 0 Å². The van der Waals surface area contributed by atoms with Gasteiger partial charge in [0.15, 0.2) is 0 Å². The van der Waals surface area contributed by atoms with Crippen LogP contribution in [-0.4, -0.2) is 0 Å². The summed E-state index contributed by atoms with van der Waals surface area (Å²) in [5, 5.41) is 0. The summed E-state index contributed by atoms with van der Waals surface area (Å²) in [5.41, 5.74) is 3.58. The average Bonchev–Trinajstić information content (AvgIpc) is 2.64. The summed E-state index contributed by atoms with van der Waals surface area (Å²) < 4.78 is 0. The van der Waals surface area contributed by atoms with Crippen molar-refractivity contribution in [1.29, 1.82) is 0 Å². The number of allylic oxidation sites excluding steroid dienone is 4. The molecule has 0 aromatic rings. The van der Waals surface area contributed by atoms with Crippen molar-refractivity contribution < 1.29 is 0 Å². The first-order valence-corrected chi connectivity index (χ1v) is 5.85. The lowest BCUT2D eigenvalue weighted by molar-refractivity contribution is 0.852. The van der Waals surface area contributed by atoms with E-state index in [1.54, 1.807) is 21.0 Å². The van der Waals surface area contributed by atoms with Crippen LogP contribution in [-0.2, 0) is 0 Å². The average molecular weight is 178 g/mol. The van der Waals surface area contributed by atoms with Gasteiger partial charge in [-0.1, -0.05) is 22.9 Å². The molecule has 0 saturated heterocycles. The van der Waals surface area contributed by atoms with Crippen molar-refractivity contribution in [3.63, 3.8) is 0 Å². The Bertz CT molecular complexity index is 229. The second kappa shape index (κ2) is 2.66. The predicted molar refractivity (Wildman–Crippen MR) is 54.0 cm³/mol. The minimum atomic E-state index is 1.36. The van der Waals surface area contributed by atoms with Gasteiger partial charge in [-0.2, -0.15) is 0 Å². The summed E-state index contributed by atoms with van der Waals surface area (Å²) in [6.45, 7) is 0. The molecule has 0 radical (unpaired) electrons. The van der Waals surface area contributed by atoms with Gasteiger partial charge >= 0.3 is 0 Å². The molecule has 0 aromatic carbocycles. The standard InChI is InChI=1S/C11H14S/c1-3-8-7-9-4-2-6-11(9)12-10(8)5-1/h1-7H2. The smallest absolute Gasteiger partial charge is 0.00864 e. The van der Waals surface area contributed by atoms with Crippen molar-refractivity contribution in [3.05, 3.63) is 21.0 Å². The second-order valence-electron chi connectivity index (χ2n) is 4.04. The Morgan fingerprint density at radius 1 is 0.750 bits per heavy atom. The zero-order valence-corrected chi connectivity index (χ0v) is 8.17. The summed E-state index contributed by atoms with van der Waals surface area (Å²) >= 11 is 2.13. The number of hydrogen-bond acceptors (Lipinski definition) is 1. The van der Waals surface area contributed by atoms with E-state index in [-0.39, 0.29) is 0 Å². The Labute approximate surface area is 78.1 Å². The van der Waals surface area contributed by atoms with Crippen molar-refractivity contribution in [2.24, 2.45) is 0 Å². The lowest BCUT2D eigenvalue weighted by Crippen LogP contribution is -1.92. The van der Waals surface area contributed by atoms with Crippen LogP contribution in [0.2, 0.25) is 0 Å². The highest BCUT2D eigenvalue weighted by Crippen LogP contribution is 2.51. The zero-order chi connectivity index (χ0) is 7.97. The van der Waals surface area contributed by atoms with Crippen LogP contribution in [0.1, 0.15) is 44.9 Å². The molecule has 1 aliphatic heterocycles. The lowest BCUT2D eigenvalue weighted by atomic mass is 10.0. The number of hydrogen-bond donors (Lipinski definition) is 0. The molecule has 0 amide bonds. The van der Waals surface area contributed by atoms with Crippen molar-refractivity contribution in [2.75, 3.05) is 0 Å². The summed E-state index contributed by atoms with van der Waals surface area (Å²) in [5.74, 6) is 0. The van der Waals surface area contributed by atoms with Crippen LogP contribution in [0, 0.1) is 0 Å². The highest BCUT2D eigenvalue weighted by molar-refractivity contribution is 8.06. The predicted octanol–water partition coefficient (Wildman–Crippen LogP) is 4.00. The summed E-state index contributed by atoms with van der Waals surface area (Å²) in [7, 11) is 0. The summed E-state index contributed by atoms with van der Waals surface area (Å²) in [4.78, 5) is 3.49. The fourth-order valence-electron chi connectivity index (χ4n) is 2.58. The van der Waals surface area contributed by atoms with Crippen molar-refractivity contribution >= 4 is 11.8 Å². The molecule has 3 aliphatic rings. The first-order chi connectivity index (χ1) is 5.93. The molecule has 2 aliphatic carbocycles. The Kier molecular flexibility index (Phi) is 1.61. The Hall–Kier alpha value is -0.170. The third-order valence-corrected chi connectivity index (χ3v) is 4.71. The van der Waals surface area contributed by atoms with E-state index in [2.05, 4.69) is 11.8 Å². The van der Waals surface area contributed by atoms with Gasteiger partial charge in [-0.05, 0) is 54.8 Å². The molecular weight excluding hydrogens is 164 g/mol. The Balaban J connectivity index is 1.90. The maximum absolute atomic E-state index is 2.13. The van der Waals surface area contributed by atoms with E-state index in [0.29, 0.717) is 0 Å². The molecule has 0 fully saturated rings. The second-order valence-corrected chi connectivity index (χ2v) is 5.23. The molecule has 1 heteroatoms. The zero-order valence-electron chi connectivity index (χ0n) is 7.36. The molecule has 0 nitrogen and oxygen atoms in total. The number of thioether (sulfide) groups is 1. The van der Waals surface area contributed by atoms with E-state index in [0.717, 1.165) is 0 Å². The van der Waals surface area contributed by atoms with Crippen molar-refractivity contribution in [3.8, 4) is 0 Å². The molecule has 0 aromatic heterocycles. The summed E-state index contributed by atoms with van der Waals surface area (Å²) in [6, 6.07) is 0. The van der Waals surface area contributed by atoms with Crippen LogP contribution in [0.15, 0.2) is 21.0 Å². The largest absolute Gasteiger partial charge is 0.0991 e. The van der Waals surface area contributed by atoms with Crippen LogP contribution in [0.4, 0.5) is 0 Å². The van der Waals surface area contributed by atoms with Gasteiger partial charge in [0.1, 0.15) is 0 Å². The first-order valence-electron chi connectivity index (χ1n) is 5.03. The molecule has 12 heavy (non-hydrogen) atoms. The van der Waals surface area contributed by atoms with Crippen LogP contribution < -0.4 is 0 Å². The molecule has 0 N–H and O–H groups in total. The van der Waals surface area contributed by atoms with Crippen LogP contribution >= 0.6 is 11.8 Å². The van der Waals surface area contributed by atoms with Crippen LogP contribution in [0.5, 0.6) is 0 Å². The molecule has 3 rings (SSSR count). The van der Waals surface area contributed by atoms with Gasteiger partial charge in [-0.15, -0.1) is 0 Å². The van der Waals surface area contributed by atoms with Crippen molar-refractivity contribution in [1.82, 2.24) is 0 Å². The normalized spacial score (nSPS) is 28.0. The first kappa shape index (κ1) is 7.25. The van der Waals surface area contributed by atoms with E-state index in [1.165, 1.54) is 44.9 Å². The monoisotopic (exact) mass is 178 g/mol. The van der Waals surface area contributed by atoms with Gasteiger partial charge in [0.05, 0.1) is 0 Å². The van der Waals surface area contributed by atoms with Gasteiger partial charge in [-0.3, -0.25) is 0 Å².